The Balaban J connectivity index is 2.25. The molecule has 0 aromatic carbocycles. The Morgan fingerprint density at radius 1 is 0.522 bits per heavy atom. The van der Waals surface area contributed by atoms with Crippen molar-refractivity contribution in [3.63, 3.8) is 0 Å². The average molecular weight is 940 g/mol. The van der Waals surface area contributed by atoms with Crippen LogP contribution in [-0.4, -0.2) is 87.5 Å². The van der Waals surface area contributed by atoms with Crippen molar-refractivity contribution in [3.05, 3.63) is 85.1 Å². The summed E-state index contributed by atoms with van der Waals surface area (Å²) in [4.78, 5) is 12.9. The molecule has 1 fully saturated rings. The van der Waals surface area contributed by atoms with Gasteiger partial charge in [-0.05, 0) is 70.6 Å². The molecule has 1 heterocycles. The molecule has 0 aromatic rings. The first-order chi connectivity index (χ1) is 32.8. The Morgan fingerprint density at radius 2 is 0.940 bits per heavy atom. The van der Waals surface area contributed by atoms with E-state index in [0.29, 0.717) is 12.8 Å². The minimum atomic E-state index is -1.59. The standard InChI is InChI=1S/C58H101NO8/c1-3-5-7-9-11-13-15-17-18-19-20-21-22-23-24-25-26-27-28-29-30-31-32-33-34-36-37-39-41-43-45-47-52(61)51(50-66-58-57(65)56(64)55(63)53(49-60)67-58)59-54(62)48-46-44-42-40-38-35-16-14-12-10-8-6-4-2/h6,8,12,14,32-33,35,37-39,42,44-45,47,51-53,55-58,60-61,63-65H,3-5,7,9-11,13,15-31,34,36,40-41,43,46,48-50H2,1-2H3,(H,59,62)/b8-6-,14-12-,33-32+,38-35-,39-37+,44-42-,47-45+. The molecule has 0 aromatic heterocycles. The monoisotopic (exact) mass is 940 g/mol. The van der Waals surface area contributed by atoms with Crippen LogP contribution in [0, 0.1) is 0 Å². The number of ether oxygens (including phenoxy) is 2. The summed E-state index contributed by atoms with van der Waals surface area (Å²) >= 11 is 0. The third kappa shape index (κ3) is 36.9. The number of rotatable bonds is 45. The molecule has 67 heavy (non-hydrogen) atoms. The van der Waals surface area contributed by atoms with E-state index < -0.39 is 49.5 Å². The van der Waals surface area contributed by atoms with Crippen LogP contribution in [0.25, 0.3) is 0 Å². The molecule has 1 rings (SSSR count). The van der Waals surface area contributed by atoms with Gasteiger partial charge in [-0.3, -0.25) is 4.79 Å². The highest BCUT2D eigenvalue weighted by Crippen LogP contribution is 2.23. The van der Waals surface area contributed by atoms with Crippen LogP contribution in [0.1, 0.15) is 219 Å². The molecule has 6 N–H and O–H groups in total. The number of nitrogens with one attached hydrogen (secondary N) is 1. The molecule has 1 aliphatic rings. The van der Waals surface area contributed by atoms with Crippen molar-refractivity contribution in [1.29, 1.82) is 0 Å². The van der Waals surface area contributed by atoms with E-state index in [1.54, 1.807) is 6.08 Å². The smallest absolute Gasteiger partial charge is 0.220 e. The van der Waals surface area contributed by atoms with E-state index in [1.165, 1.54) is 135 Å². The molecule has 0 saturated carbocycles. The molecule has 0 aliphatic carbocycles. The highest BCUT2D eigenvalue weighted by molar-refractivity contribution is 5.76. The van der Waals surface area contributed by atoms with Crippen LogP contribution >= 0.6 is 0 Å². The predicted octanol–water partition coefficient (Wildman–Crippen LogP) is 13.1. The van der Waals surface area contributed by atoms with Crippen molar-refractivity contribution in [2.75, 3.05) is 13.2 Å². The summed E-state index contributed by atoms with van der Waals surface area (Å²) in [6, 6.07) is -0.871. The number of allylic oxidation sites excluding steroid dienone is 13. The van der Waals surface area contributed by atoms with Gasteiger partial charge in [-0.25, -0.2) is 0 Å². The van der Waals surface area contributed by atoms with Crippen molar-refractivity contribution in [3.8, 4) is 0 Å². The predicted molar refractivity (Wildman–Crippen MR) is 281 cm³/mol. The second-order valence-corrected chi connectivity index (χ2v) is 18.6. The number of aliphatic hydroxyl groups is 5. The number of hydrogen-bond acceptors (Lipinski definition) is 8. The third-order valence-electron chi connectivity index (χ3n) is 12.4. The SMILES string of the molecule is CC/C=C\C/C=C\C/C=C\C/C=C\CCC(=O)NC(COC1OC(CO)C(O)C(O)C1O)C(O)/C=C/CC/C=C/CC/C=C/CCCCCCCCCCCCCCCCCCCCCCC. The van der Waals surface area contributed by atoms with Gasteiger partial charge in [-0.2, -0.15) is 0 Å². The van der Waals surface area contributed by atoms with Gasteiger partial charge in [0.05, 0.1) is 25.4 Å². The summed E-state index contributed by atoms with van der Waals surface area (Å²) in [5.41, 5.74) is 0. The lowest BCUT2D eigenvalue weighted by molar-refractivity contribution is -0.302. The fourth-order valence-corrected chi connectivity index (χ4v) is 8.14. The van der Waals surface area contributed by atoms with E-state index in [4.69, 9.17) is 9.47 Å². The molecule has 0 spiro atoms. The van der Waals surface area contributed by atoms with Gasteiger partial charge < -0.3 is 40.3 Å². The maximum absolute atomic E-state index is 12.9. The maximum Gasteiger partial charge on any atom is 0.220 e. The first-order valence-electron chi connectivity index (χ1n) is 27.3. The zero-order valence-electron chi connectivity index (χ0n) is 42.6. The van der Waals surface area contributed by atoms with Crippen LogP contribution in [0.5, 0.6) is 0 Å². The van der Waals surface area contributed by atoms with Crippen LogP contribution in [0.2, 0.25) is 0 Å². The van der Waals surface area contributed by atoms with E-state index >= 15 is 0 Å². The lowest BCUT2D eigenvalue weighted by Gasteiger charge is -2.40. The second kappa shape index (κ2) is 47.1. The Kier molecular flexibility index (Phi) is 43.8. The molecule has 9 nitrogen and oxygen atoms in total. The number of carbonyl (C=O) groups is 1. The van der Waals surface area contributed by atoms with E-state index in [9.17, 15) is 30.3 Å². The number of amides is 1. The van der Waals surface area contributed by atoms with Crippen molar-refractivity contribution >= 4 is 5.91 Å². The first-order valence-corrected chi connectivity index (χ1v) is 27.3. The zero-order valence-corrected chi connectivity index (χ0v) is 42.6. The molecule has 7 atom stereocenters. The van der Waals surface area contributed by atoms with Crippen LogP contribution in [-0.2, 0) is 14.3 Å². The fourth-order valence-electron chi connectivity index (χ4n) is 8.14. The van der Waals surface area contributed by atoms with E-state index in [0.717, 1.165) is 51.4 Å². The van der Waals surface area contributed by atoms with Crippen molar-refractivity contribution < 1.29 is 39.8 Å². The molecule has 7 unspecified atom stereocenters. The highest BCUT2D eigenvalue weighted by Gasteiger charge is 2.44. The summed E-state index contributed by atoms with van der Waals surface area (Å²) < 4.78 is 11.2. The normalized spacial score (nSPS) is 20.4. The van der Waals surface area contributed by atoms with E-state index in [-0.39, 0.29) is 18.9 Å². The van der Waals surface area contributed by atoms with Gasteiger partial charge >= 0.3 is 0 Å². The average Bonchev–Trinajstić information content (AvgIpc) is 3.33. The molecule has 1 amide bonds. The lowest BCUT2D eigenvalue weighted by Crippen LogP contribution is -2.60. The van der Waals surface area contributed by atoms with E-state index in [1.807, 2.05) is 18.2 Å². The Bertz CT molecular complexity index is 1320. The summed E-state index contributed by atoms with van der Waals surface area (Å²) in [7, 11) is 0. The Hall–Kier alpha value is -2.63. The van der Waals surface area contributed by atoms with Gasteiger partial charge in [0.1, 0.15) is 24.4 Å². The molecule has 0 bridgehead atoms. The van der Waals surface area contributed by atoms with Crippen molar-refractivity contribution in [2.45, 2.75) is 262 Å². The van der Waals surface area contributed by atoms with Gasteiger partial charge in [-0.15, -0.1) is 0 Å². The van der Waals surface area contributed by atoms with Gasteiger partial charge in [-0.1, -0.05) is 227 Å². The van der Waals surface area contributed by atoms with Crippen LogP contribution in [0.3, 0.4) is 0 Å². The van der Waals surface area contributed by atoms with Gasteiger partial charge in [0.15, 0.2) is 6.29 Å². The number of unbranched alkanes of at least 4 members (excludes halogenated alkanes) is 23. The maximum atomic E-state index is 12.9. The molecular formula is C58H101NO8. The molecular weight excluding hydrogens is 839 g/mol. The van der Waals surface area contributed by atoms with Crippen molar-refractivity contribution in [2.24, 2.45) is 0 Å². The lowest BCUT2D eigenvalue weighted by atomic mass is 9.99. The largest absolute Gasteiger partial charge is 0.394 e. The Morgan fingerprint density at radius 3 is 1.42 bits per heavy atom. The fraction of sp³-hybridized carbons (Fsp3) is 0.741. The molecule has 386 valence electrons. The van der Waals surface area contributed by atoms with E-state index in [2.05, 4.69) is 79.9 Å². The first kappa shape index (κ1) is 62.4. The molecule has 0 radical (unpaired) electrons. The number of aliphatic hydroxyl groups excluding tert-OH is 5. The van der Waals surface area contributed by atoms with Crippen LogP contribution in [0.4, 0.5) is 0 Å². The molecule has 1 saturated heterocycles. The summed E-state index contributed by atoms with van der Waals surface area (Å²) in [5.74, 6) is -0.273. The van der Waals surface area contributed by atoms with Gasteiger partial charge in [0.2, 0.25) is 5.91 Å². The van der Waals surface area contributed by atoms with Crippen LogP contribution < -0.4 is 5.32 Å². The summed E-state index contributed by atoms with van der Waals surface area (Å²) in [6.45, 7) is 3.59. The second-order valence-electron chi connectivity index (χ2n) is 18.6. The Labute approximate surface area is 410 Å². The summed E-state index contributed by atoms with van der Waals surface area (Å²) in [5, 5.41) is 54.2. The topological polar surface area (TPSA) is 149 Å². The molecule has 1 aliphatic heterocycles. The zero-order chi connectivity index (χ0) is 48.7. The minimum absolute atomic E-state index is 0.209. The third-order valence-corrected chi connectivity index (χ3v) is 12.4. The minimum Gasteiger partial charge on any atom is -0.394 e. The number of carbonyl (C=O) groups excluding carboxylic acids is 1. The number of hydrogen-bond donors (Lipinski definition) is 6. The van der Waals surface area contributed by atoms with Gasteiger partial charge in [0.25, 0.3) is 0 Å². The quantitative estimate of drug-likeness (QED) is 0.0261. The highest BCUT2D eigenvalue weighted by atomic mass is 16.7. The van der Waals surface area contributed by atoms with Crippen LogP contribution in [0.15, 0.2) is 85.1 Å². The van der Waals surface area contributed by atoms with Gasteiger partial charge in [0, 0.05) is 6.42 Å². The van der Waals surface area contributed by atoms with Crippen molar-refractivity contribution in [1.82, 2.24) is 5.32 Å². The summed E-state index contributed by atoms with van der Waals surface area (Å²) in [6.07, 6.45) is 59.8. The molecule has 9 heteroatoms.